The summed E-state index contributed by atoms with van der Waals surface area (Å²) in [7, 11) is 1.49. The van der Waals surface area contributed by atoms with Crippen molar-refractivity contribution in [1.82, 2.24) is 0 Å². The number of rotatable bonds is 1. The van der Waals surface area contributed by atoms with Crippen molar-refractivity contribution in [2.45, 2.75) is 25.0 Å². The van der Waals surface area contributed by atoms with Gasteiger partial charge in [-0.2, -0.15) is 0 Å². The van der Waals surface area contributed by atoms with E-state index in [1.165, 1.54) is 7.11 Å². The van der Waals surface area contributed by atoms with Crippen LogP contribution >= 0.6 is 0 Å². The lowest BCUT2D eigenvalue weighted by Gasteiger charge is -2.35. The van der Waals surface area contributed by atoms with Gasteiger partial charge < -0.3 is 14.6 Å². The van der Waals surface area contributed by atoms with Crippen LogP contribution in [-0.4, -0.2) is 36.5 Å². The Balaban J connectivity index is 2.63. The maximum absolute atomic E-state index is 10.6. The number of esters is 1. The highest BCUT2D eigenvalue weighted by Gasteiger charge is 2.40. The van der Waals surface area contributed by atoms with Gasteiger partial charge in [-0.05, 0) is 6.92 Å². The van der Waals surface area contributed by atoms with Crippen molar-refractivity contribution in [3.05, 3.63) is 0 Å². The molecule has 4 heteroatoms. The molecule has 64 valence electrons. The van der Waals surface area contributed by atoms with Gasteiger partial charge >= 0.3 is 5.97 Å². The van der Waals surface area contributed by atoms with Gasteiger partial charge in [0.25, 0.3) is 0 Å². The molecule has 2 unspecified atom stereocenters. The molecule has 1 heterocycles. The second kappa shape index (κ2) is 2.79. The molecule has 0 aliphatic carbocycles. The molecule has 1 rings (SSSR count). The van der Waals surface area contributed by atoms with Crippen molar-refractivity contribution >= 4 is 5.97 Å². The number of cyclic esters (lactones) is 1. The van der Waals surface area contributed by atoms with Crippen LogP contribution in [0.3, 0.4) is 0 Å². The molecular formula is C7H12O4. The van der Waals surface area contributed by atoms with Crippen LogP contribution in [0.5, 0.6) is 0 Å². The molecule has 1 saturated heterocycles. The molecule has 0 amide bonds. The molecule has 0 aromatic carbocycles. The van der Waals surface area contributed by atoms with Gasteiger partial charge in [-0.3, -0.25) is 4.79 Å². The zero-order chi connectivity index (χ0) is 8.48. The Labute approximate surface area is 65.1 Å². The largest absolute Gasteiger partial charge is 0.462 e. The lowest BCUT2D eigenvalue weighted by Crippen LogP contribution is -2.50. The van der Waals surface area contributed by atoms with Crippen molar-refractivity contribution in [2.75, 3.05) is 13.7 Å². The molecule has 0 aromatic rings. The Morgan fingerprint density at radius 2 is 2.45 bits per heavy atom. The topological polar surface area (TPSA) is 55.8 Å². The highest BCUT2D eigenvalue weighted by molar-refractivity contribution is 5.71. The zero-order valence-corrected chi connectivity index (χ0v) is 6.66. The minimum absolute atomic E-state index is 0.0182. The van der Waals surface area contributed by atoms with E-state index >= 15 is 0 Å². The minimum atomic E-state index is -0.756. The van der Waals surface area contributed by atoms with Gasteiger partial charge in [0.2, 0.25) is 0 Å². The van der Waals surface area contributed by atoms with E-state index in [9.17, 15) is 9.90 Å². The Bertz CT molecular complexity index is 168. The number of hydrogen-bond donors (Lipinski definition) is 1. The van der Waals surface area contributed by atoms with Gasteiger partial charge in [-0.25, -0.2) is 0 Å². The second-order valence-electron chi connectivity index (χ2n) is 2.90. The van der Waals surface area contributed by atoms with E-state index in [2.05, 4.69) is 0 Å². The number of methoxy groups -OCH3 is 1. The van der Waals surface area contributed by atoms with Crippen LogP contribution in [-0.2, 0) is 14.3 Å². The highest BCUT2D eigenvalue weighted by Crippen LogP contribution is 2.22. The summed E-state index contributed by atoms with van der Waals surface area (Å²) in [6.45, 7) is 1.84. The highest BCUT2D eigenvalue weighted by atomic mass is 16.6. The number of carbonyl (C=O) groups excluding carboxylic acids is 1. The molecule has 1 aliphatic heterocycles. The molecule has 1 N–H and O–H groups in total. The molecule has 1 fully saturated rings. The van der Waals surface area contributed by atoms with E-state index in [0.717, 1.165) is 0 Å². The summed E-state index contributed by atoms with van der Waals surface area (Å²) in [5.41, 5.74) is -0.728. The summed E-state index contributed by atoms with van der Waals surface area (Å²) >= 11 is 0. The Morgan fingerprint density at radius 1 is 1.82 bits per heavy atom. The summed E-state index contributed by atoms with van der Waals surface area (Å²) < 4.78 is 9.74. The monoisotopic (exact) mass is 160 g/mol. The molecule has 0 bridgehead atoms. The predicted octanol–water partition coefficient (Wildman–Crippen LogP) is -0.301. The van der Waals surface area contributed by atoms with Gasteiger partial charge in [0, 0.05) is 7.11 Å². The minimum Gasteiger partial charge on any atom is -0.462 e. The Hall–Kier alpha value is -0.610. The van der Waals surface area contributed by atoms with E-state index < -0.39 is 11.7 Å². The van der Waals surface area contributed by atoms with Crippen LogP contribution in [0, 0.1) is 0 Å². The van der Waals surface area contributed by atoms with E-state index in [0.29, 0.717) is 0 Å². The second-order valence-corrected chi connectivity index (χ2v) is 2.90. The number of aliphatic hydroxyl groups excluding tert-OH is 1. The lowest BCUT2D eigenvalue weighted by molar-refractivity contribution is -0.186. The first-order valence-electron chi connectivity index (χ1n) is 3.47. The van der Waals surface area contributed by atoms with Crippen molar-refractivity contribution in [3.8, 4) is 0 Å². The van der Waals surface area contributed by atoms with Crippen LogP contribution < -0.4 is 0 Å². The third-order valence-electron chi connectivity index (χ3n) is 2.05. The van der Waals surface area contributed by atoms with Crippen LogP contribution in [0.4, 0.5) is 0 Å². The fraction of sp³-hybridized carbons (Fsp3) is 0.857. The molecular weight excluding hydrogens is 148 g/mol. The fourth-order valence-corrected chi connectivity index (χ4v) is 0.948. The first-order valence-corrected chi connectivity index (χ1v) is 3.47. The van der Waals surface area contributed by atoms with Crippen LogP contribution in [0.2, 0.25) is 0 Å². The number of carbonyl (C=O) groups is 1. The van der Waals surface area contributed by atoms with E-state index in [-0.39, 0.29) is 19.0 Å². The van der Waals surface area contributed by atoms with Crippen LogP contribution in [0.15, 0.2) is 0 Å². The quantitative estimate of drug-likeness (QED) is 0.535. The zero-order valence-electron chi connectivity index (χ0n) is 6.66. The van der Waals surface area contributed by atoms with Crippen LogP contribution in [0.25, 0.3) is 0 Å². The molecule has 0 radical (unpaired) electrons. The fourth-order valence-electron chi connectivity index (χ4n) is 0.948. The Kier molecular flexibility index (Phi) is 2.15. The smallest absolute Gasteiger partial charge is 0.308 e. The normalized spacial score (nSPS) is 38.5. The SMILES string of the molecule is COC1(C)COC(=O)CC1O. The van der Waals surface area contributed by atoms with Crippen molar-refractivity contribution in [2.24, 2.45) is 0 Å². The summed E-state index contributed by atoms with van der Waals surface area (Å²) in [5, 5.41) is 9.37. The number of aliphatic hydroxyl groups is 1. The van der Waals surface area contributed by atoms with Crippen LogP contribution in [0.1, 0.15) is 13.3 Å². The van der Waals surface area contributed by atoms with Gasteiger partial charge in [0.15, 0.2) is 0 Å². The summed E-state index contributed by atoms with van der Waals surface area (Å²) in [5.74, 6) is -0.368. The number of hydrogen-bond acceptors (Lipinski definition) is 4. The van der Waals surface area contributed by atoms with Gasteiger partial charge in [-0.1, -0.05) is 0 Å². The maximum atomic E-state index is 10.6. The molecule has 0 saturated carbocycles. The standard InChI is InChI=1S/C7H12O4/c1-7(10-2)4-11-6(9)3-5(7)8/h5,8H,3-4H2,1-2H3. The molecule has 0 aromatic heterocycles. The third kappa shape index (κ3) is 1.52. The van der Waals surface area contributed by atoms with Gasteiger partial charge in [0.1, 0.15) is 12.2 Å². The average molecular weight is 160 g/mol. The summed E-state index contributed by atoms with van der Waals surface area (Å²) in [4.78, 5) is 10.6. The van der Waals surface area contributed by atoms with E-state index in [4.69, 9.17) is 9.47 Å². The molecule has 0 spiro atoms. The Morgan fingerprint density at radius 3 is 2.91 bits per heavy atom. The van der Waals surface area contributed by atoms with Crippen molar-refractivity contribution < 1.29 is 19.4 Å². The summed E-state index contributed by atoms with van der Waals surface area (Å²) in [6, 6.07) is 0. The molecule has 1 aliphatic rings. The first-order chi connectivity index (χ1) is 5.08. The molecule has 4 nitrogen and oxygen atoms in total. The van der Waals surface area contributed by atoms with Gasteiger partial charge in [-0.15, -0.1) is 0 Å². The number of ether oxygens (including phenoxy) is 2. The van der Waals surface area contributed by atoms with Gasteiger partial charge in [0.05, 0.1) is 12.5 Å². The first kappa shape index (κ1) is 8.49. The maximum Gasteiger partial charge on any atom is 0.308 e. The third-order valence-corrected chi connectivity index (χ3v) is 2.05. The van der Waals surface area contributed by atoms with Crippen molar-refractivity contribution in [3.63, 3.8) is 0 Å². The lowest BCUT2D eigenvalue weighted by atomic mass is 9.95. The van der Waals surface area contributed by atoms with E-state index in [1.807, 2.05) is 0 Å². The molecule has 2 atom stereocenters. The average Bonchev–Trinajstić information content (AvgIpc) is 1.98. The predicted molar refractivity (Wildman–Crippen MR) is 37.0 cm³/mol. The molecule has 11 heavy (non-hydrogen) atoms. The van der Waals surface area contributed by atoms with E-state index in [1.54, 1.807) is 6.92 Å². The summed E-state index contributed by atoms with van der Waals surface area (Å²) in [6.07, 6.45) is -0.738. The van der Waals surface area contributed by atoms with Crippen molar-refractivity contribution in [1.29, 1.82) is 0 Å².